The van der Waals surface area contributed by atoms with Crippen molar-refractivity contribution in [2.75, 3.05) is 37.9 Å². The molecule has 2 saturated heterocycles. The molecule has 0 saturated carbocycles. The molecule has 1 aromatic carbocycles. The van der Waals surface area contributed by atoms with Crippen LogP contribution >= 0.6 is 22.9 Å². The Bertz CT molecular complexity index is 1320. The third-order valence-corrected chi connectivity index (χ3v) is 11.9. The molecule has 2 aliphatic rings. The first kappa shape index (κ1) is 29.3. The molecule has 1 unspecified atom stereocenters. The average Bonchev–Trinajstić information content (AvgIpc) is 3.42. The third-order valence-electron chi connectivity index (χ3n) is 6.23. The Hall–Kier alpha value is -1.65. The first-order valence-corrected chi connectivity index (χ1v) is 16.5. The summed E-state index contributed by atoms with van der Waals surface area (Å²) in [7, 11) is -7.96. The van der Waals surface area contributed by atoms with Crippen LogP contribution in [0.2, 0.25) is 0 Å². The highest BCUT2D eigenvalue weighted by molar-refractivity contribution is 7.91. The Kier molecular flexibility index (Phi) is 9.79. The molecule has 1 N–H and O–H groups in total. The van der Waals surface area contributed by atoms with E-state index in [0.717, 1.165) is 32.8 Å². The van der Waals surface area contributed by atoms with E-state index in [1.54, 1.807) is 18.2 Å². The number of hydrogen-bond acceptors (Lipinski definition) is 8. The summed E-state index contributed by atoms with van der Waals surface area (Å²) in [6, 6.07) is 7.30. The number of carbonyl (C=O) groups excluding carboxylic acids is 1. The fraction of sp³-hybridized carbons (Fsp3) is 0.522. The van der Waals surface area contributed by atoms with Crippen LogP contribution in [0.1, 0.15) is 25.7 Å². The van der Waals surface area contributed by atoms with Crippen molar-refractivity contribution in [3.8, 4) is 10.4 Å². The molecule has 38 heavy (non-hydrogen) atoms. The largest absolute Gasteiger partial charge is 0.350 e. The van der Waals surface area contributed by atoms with Gasteiger partial charge < -0.3 is 4.74 Å². The van der Waals surface area contributed by atoms with Gasteiger partial charge in [-0.2, -0.15) is 8.61 Å². The number of nitrogens with one attached hydrogen (secondary N) is 1. The fourth-order valence-corrected chi connectivity index (χ4v) is 9.00. The number of piperazine rings is 1. The first-order chi connectivity index (χ1) is 18.1. The summed E-state index contributed by atoms with van der Waals surface area (Å²) in [6.45, 7) is -0.243. The predicted octanol–water partition coefficient (Wildman–Crippen LogP) is 2.76. The molecule has 0 aliphatic carbocycles. The molecule has 3 heterocycles. The second kappa shape index (κ2) is 12.7. The van der Waals surface area contributed by atoms with Crippen molar-refractivity contribution < 1.29 is 35.6 Å². The van der Waals surface area contributed by atoms with Crippen LogP contribution in [0.3, 0.4) is 0 Å². The molecule has 0 spiro atoms. The van der Waals surface area contributed by atoms with Gasteiger partial charge in [0.25, 0.3) is 15.9 Å². The van der Waals surface area contributed by atoms with Gasteiger partial charge in [0.05, 0.1) is 5.75 Å². The lowest BCUT2D eigenvalue weighted by Crippen LogP contribution is -2.61. The Balaban J connectivity index is 1.57. The minimum Gasteiger partial charge on any atom is -0.350 e. The van der Waals surface area contributed by atoms with Gasteiger partial charge in [-0.1, -0.05) is 12.1 Å². The number of rotatable bonds is 10. The van der Waals surface area contributed by atoms with Crippen molar-refractivity contribution in [2.45, 2.75) is 42.2 Å². The van der Waals surface area contributed by atoms with Gasteiger partial charge in [0, 0.05) is 43.4 Å². The number of amides is 1. The molecule has 2 atom stereocenters. The van der Waals surface area contributed by atoms with Gasteiger partial charge in [-0.15, -0.1) is 22.9 Å². The van der Waals surface area contributed by atoms with E-state index in [1.807, 2.05) is 0 Å². The summed E-state index contributed by atoms with van der Waals surface area (Å²) in [5, 5.41) is 0. The van der Waals surface area contributed by atoms with E-state index in [9.17, 15) is 26.0 Å². The molecule has 1 aromatic heterocycles. The molecule has 1 amide bonds. The van der Waals surface area contributed by atoms with Crippen LogP contribution in [0.5, 0.6) is 0 Å². The second-order valence-electron chi connectivity index (χ2n) is 8.85. The Morgan fingerprint density at radius 2 is 1.89 bits per heavy atom. The molecule has 0 bridgehead atoms. The van der Waals surface area contributed by atoms with E-state index in [0.29, 0.717) is 23.5 Å². The lowest BCUT2D eigenvalue weighted by molar-refractivity contribution is -0.202. The molecule has 210 valence electrons. The number of halogens is 2. The monoisotopic (exact) mass is 609 g/mol. The van der Waals surface area contributed by atoms with Gasteiger partial charge in [0.1, 0.15) is 16.1 Å². The van der Waals surface area contributed by atoms with Gasteiger partial charge in [-0.3, -0.25) is 4.79 Å². The Labute approximate surface area is 230 Å². The lowest BCUT2D eigenvalue weighted by Gasteiger charge is -2.38. The molecular formula is C23H29ClFN3O7S3. The van der Waals surface area contributed by atoms with E-state index in [4.69, 9.17) is 21.2 Å². The van der Waals surface area contributed by atoms with Gasteiger partial charge in [0.2, 0.25) is 10.0 Å². The number of benzene rings is 1. The normalized spacial score (nSPS) is 21.8. The molecule has 15 heteroatoms. The minimum atomic E-state index is -4.19. The summed E-state index contributed by atoms with van der Waals surface area (Å²) >= 11 is 6.64. The van der Waals surface area contributed by atoms with Gasteiger partial charge in [-0.25, -0.2) is 31.5 Å². The molecule has 0 radical (unpaired) electrons. The smallest absolute Gasteiger partial charge is 0.263 e. The topological polar surface area (TPSA) is 122 Å². The van der Waals surface area contributed by atoms with Crippen molar-refractivity contribution in [3.05, 3.63) is 42.2 Å². The van der Waals surface area contributed by atoms with Crippen LogP contribution in [0.4, 0.5) is 4.39 Å². The first-order valence-electron chi connectivity index (χ1n) is 12.1. The summed E-state index contributed by atoms with van der Waals surface area (Å²) in [5.41, 5.74) is 2.92. The Morgan fingerprint density at radius 1 is 1.13 bits per heavy atom. The van der Waals surface area contributed by atoms with E-state index in [2.05, 4.69) is 5.48 Å². The predicted molar refractivity (Wildman–Crippen MR) is 141 cm³/mol. The molecule has 2 aromatic rings. The number of hydroxylamine groups is 1. The van der Waals surface area contributed by atoms with Crippen LogP contribution in [0.25, 0.3) is 10.4 Å². The number of nitrogens with zero attached hydrogens (tertiary/aromatic N) is 2. The van der Waals surface area contributed by atoms with Crippen LogP contribution in [0, 0.1) is 5.82 Å². The summed E-state index contributed by atoms with van der Waals surface area (Å²) in [5.74, 6) is -1.26. The van der Waals surface area contributed by atoms with E-state index >= 15 is 0 Å². The van der Waals surface area contributed by atoms with E-state index < -0.39 is 44.1 Å². The number of thiophene rings is 1. The summed E-state index contributed by atoms with van der Waals surface area (Å²) in [4.78, 5) is 19.2. The Morgan fingerprint density at radius 3 is 2.58 bits per heavy atom. The van der Waals surface area contributed by atoms with E-state index in [1.165, 1.54) is 18.2 Å². The zero-order valence-corrected chi connectivity index (χ0v) is 23.6. The fourth-order valence-electron chi connectivity index (χ4n) is 4.20. The highest BCUT2D eigenvalue weighted by Crippen LogP contribution is 2.34. The van der Waals surface area contributed by atoms with Crippen molar-refractivity contribution in [2.24, 2.45) is 0 Å². The number of alkyl halides is 1. The van der Waals surface area contributed by atoms with Crippen molar-refractivity contribution in [1.29, 1.82) is 0 Å². The summed E-state index contributed by atoms with van der Waals surface area (Å²) < 4.78 is 73.9. The van der Waals surface area contributed by atoms with Crippen LogP contribution in [0.15, 0.2) is 40.6 Å². The standard InChI is InChI=1S/C23H29ClFN3O7S3/c24-11-3-15-37(30,31)27-12-13-28(19(16-27)23(29)26-35-21-4-1-2-14-34-21)38(32,33)22-10-9-20(36-22)17-5-7-18(25)8-6-17/h5-10,19,21H,1-4,11-16H2,(H,26,29)/t19-,21?/m1/s1. The molecular weight excluding hydrogens is 581 g/mol. The zero-order chi connectivity index (χ0) is 27.3. The van der Waals surface area contributed by atoms with Gasteiger partial charge in [0.15, 0.2) is 6.29 Å². The van der Waals surface area contributed by atoms with E-state index in [-0.39, 0.29) is 41.9 Å². The lowest BCUT2D eigenvalue weighted by atomic mass is 10.2. The quantitative estimate of drug-likeness (QED) is 0.325. The SMILES string of the molecule is O=C(NOC1CCCCO1)[C@H]1CN(S(=O)(=O)CCCCl)CCN1S(=O)(=O)c1ccc(-c2ccc(F)cc2)s1. The van der Waals surface area contributed by atoms with Crippen molar-refractivity contribution in [1.82, 2.24) is 14.1 Å². The zero-order valence-electron chi connectivity index (χ0n) is 20.4. The van der Waals surface area contributed by atoms with Crippen LogP contribution in [-0.2, 0) is 34.4 Å². The van der Waals surface area contributed by atoms with Crippen LogP contribution in [-0.4, -0.2) is 81.6 Å². The maximum absolute atomic E-state index is 13.7. The number of sulfonamides is 2. The molecule has 2 aliphatic heterocycles. The number of hydrogen-bond donors (Lipinski definition) is 1. The molecule has 4 rings (SSSR count). The highest BCUT2D eigenvalue weighted by atomic mass is 35.5. The number of ether oxygens (including phenoxy) is 1. The molecule has 10 nitrogen and oxygen atoms in total. The molecule has 2 fully saturated rings. The maximum Gasteiger partial charge on any atom is 0.263 e. The average molecular weight is 610 g/mol. The van der Waals surface area contributed by atoms with Crippen molar-refractivity contribution in [3.63, 3.8) is 0 Å². The van der Waals surface area contributed by atoms with Gasteiger partial charge in [-0.05, 0) is 49.1 Å². The second-order valence-corrected chi connectivity index (χ2v) is 14.5. The minimum absolute atomic E-state index is 0.0235. The van der Waals surface area contributed by atoms with Crippen molar-refractivity contribution >= 4 is 48.9 Å². The summed E-state index contributed by atoms with van der Waals surface area (Å²) in [6.07, 6.45) is 1.85. The highest BCUT2D eigenvalue weighted by Gasteiger charge is 2.43. The maximum atomic E-state index is 13.7. The third kappa shape index (κ3) is 6.91. The van der Waals surface area contributed by atoms with Crippen LogP contribution < -0.4 is 5.48 Å². The van der Waals surface area contributed by atoms with Gasteiger partial charge >= 0.3 is 0 Å². The number of carbonyl (C=O) groups is 1.